The molecule has 2 aromatic rings. The first-order chi connectivity index (χ1) is 14.7. The fraction of sp³-hybridized carbons (Fsp3) is 0.286. The molecule has 0 aliphatic heterocycles. The molecule has 2 aromatic carbocycles. The van der Waals surface area contributed by atoms with Crippen LogP contribution in [0.3, 0.4) is 0 Å². The second kappa shape index (κ2) is 12.5. The standard InChI is InChI=1S/C21H23BrClN3O4S/c1-13(2)8-9-29-16-5-3-4-14(10-16)20(28)24-21(31)26-25-19(27)12-30-18-7-6-15(22)11-17(18)23/h3-7,10-11,13H,8-9,12H2,1-2H3,(H,25,27)(H2,24,26,28,31). The molecule has 0 fully saturated rings. The minimum Gasteiger partial charge on any atom is -0.494 e. The molecule has 2 amide bonds. The molecule has 31 heavy (non-hydrogen) atoms. The first-order valence-corrected chi connectivity index (χ1v) is 11.0. The summed E-state index contributed by atoms with van der Waals surface area (Å²) in [5.74, 6) is 0.563. The molecule has 0 heterocycles. The third-order valence-electron chi connectivity index (χ3n) is 3.86. The van der Waals surface area contributed by atoms with E-state index < -0.39 is 11.8 Å². The third kappa shape index (κ3) is 9.12. The average molecular weight is 529 g/mol. The minimum absolute atomic E-state index is 0.0637. The van der Waals surface area contributed by atoms with Crippen LogP contribution in [0.25, 0.3) is 0 Å². The van der Waals surface area contributed by atoms with Gasteiger partial charge in [-0.1, -0.05) is 47.4 Å². The zero-order chi connectivity index (χ0) is 22.8. The topological polar surface area (TPSA) is 88.7 Å². The van der Waals surface area contributed by atoms with Crippen LogP contribution in [-0.2, 0) is 4.79 Å². The summed E-state index contributed by atoms with van der Waals surface area (Å²) in [5.41, 5.74) is 5.18. The SMILES string of the molecule is CC(C)CCOc1cccc(C(=O)NC(=S)NNC(=O)COc2ccc(Br)cc2Cl)c1. The summed E-state index contributed by atoms with van der Waals surface area (Å²) in [4.78, 5) is 24.3. The molecule has 10 heteroatoms. The summed E-state index contributed by atoms with van der Waals surface area (Å²) in [6.07, 6.45) is 0.919. The summed E-state index contributed by atoms with van der Waals surface area (Å²) in [6, 6.07) is 11.8. The van der Waals surface area contributed by atoms with E-state index in [0.717, 1.165) is 10.9 Å². The lowest BCUT2D eigenvalue weighted by Gasteiger charge is -2.12. The molecule has 0 radical (unpaired) electrons. The van der Waals surface area contributed by atoms with E-state index in [1.807, 2.05) is 0 Å². The van der Waals surface area contributed by atoms with E-state index in [9.17, 15) is 9.59 Å². The monoisotopic (exact) mass is 527 g/mol. The normalized spacial score (nSPS) is 10.4. The first kappa shape index (κ1) is 24.9. The number of amides is 2. The van der Waals surface area contributed by atoms with E-state index in [1.54, 1.807) is 42.5 Å². The van der Waals surface area contributed by atoms with Gasteiger partial charge in [0.1, 0.15) is 11.5 Å². The Labute approximate surface area is 199 Å². The Hall–Kier alpha value is -2.36. The molecule has 0 bridgehead atoms. The van der Waals surface area contributed by atoms with E-state index in [4.69, 9.17) is 33.3 Å². The molecule has 0 spiro atoms. The smallest absolute Gasteiger partial charge is 0.276 e. The van der Waals surface area contributed by atoms with Gasteiger partial charge in [-0.15, -0.1) is 0 Å². The quantitative estimate of drug-likeness (QED) is 0.351. The van der Waals surface area contributed by atoms with Crippen molar-refractivity contribution in [2.75, 3.05) is 13.2 Å². The number of benzene rings is 2. The molecule has 0 saturated heterocycles. The Morgan fingerprint density at radius 1 is 1.13 bits per heavy atom. The van der Waals surface area contributed by atoms with Gasteiger partial charge in [-0.2, -0.15) is 0 Å². The van der Waals surface area contributed by atoms with Gasteiger partial charge in [0.15, 0.2) is 11.7 Å². The van der Waals surface area contributed by atoms with Gasteiger partial charge in [-0.3, -0.25) is 25.8 Å². The van der Waals surface area contributed by atoms with Gasteiger partial charge in [0, 0.05) is 10.0 Å². The number of carbonyl (C=O) groups excluding carboxylic acids is 2. The predicted octanol–water partition coefficient (Wildman–Crippen LogP) is 4.24. The van der Waals surface area contributed by atoms with Crippen LogP contribution in [0.1, 0.15) is 30.6 Å². The van der Waals surface area contributed by atoms with E-state index >= 15 is 0 Å². The van der Waals surface area contributed by atoms with Gasteiger partial charge in [-0.25, -0.2) is 0 Å². The van der Waals surface area contributed by atoms with Gasteiger partial charge in [-0.05, 0) is 61.0 Å². The number of thiocarbonyl (C=S) groups is 1. The van der Waals surface area contributed by atoms with Crippen LogP contribution in [0.4, 0.5) is 0 Å². The number of hydrogen-bond acceptors (Lipinski definition) is 5. The van der Waals surface area contributed by atoms with E-state index in [2.05, 4.69) is 45.9 Å². The Kier molecular flexibility index (Phi) is 10.0. The highest BCUT2D eigenvalue weighted by molar-refractivity contribution is 9.10. The van der Waals surface area contributed by atoms with Crippen molar-refractivity contribution in [3.63, 3.8) is 0 Å². The molecule has 166 valence electrons. The number of hydrogen-bond donors (Lipinski definition) is 3. The number of ether oxygens (including phenoxy) is 2. The minimum atomic E-state index is -0.504. The van der Waals surface area contributed by atoms with Crippen molar-refractivity contribution in [3.05, 3.63) is 57.5 Å². The van der Waals surface area contributed by atoms with Gasteiger partial charge < -0.3 is 9.47 Å². The largest absolute Gasteiger partial charge is 0.494 e. The number of carbonyl (C=O) groups is 2. The van der Waals surface area contributed by atoms with Crippen molar-refractivity contribution in [2.24, 2.45) is 5.92 Å². The predicted molar refractivity (Wildman–Crippen MR) is 127 cm³/mol. The van der Waals surface area contributed by atoms with E-state index in [-0.39, 0.29) is 11.7 Å². The molecule has 0 atom stereocenters. The molecular formula is C21H23BrClN3O4S. The molecule has 7 nitrogen and oxygen atoms in total. The maximum Gasteiger partial charge on any atom is 0.276 e. The van der Waals surface area contributed by atoms with Gasteiger partial charge in [0.25, 0.3) is 11.8 Å². The van der Waals surface area contributed by atoms with Crippen LogP contribution in [0.15, 0.2) is 46.9 Å². The molecular weight excluding hydrogens is 506 g/mol. The summed E-state index contributed by atoms with van der Waals surface area (Å²) >= 11 is 14.4. The summed E-state index contributed by atoms with van der Waals surface area (Å²) in [7, 11) is 0. The van der Waals surface area contributed by atoms with Crippen LogP contribution < -0.4 is 25.6 Å². The zero-order valence-electron chi connectivity index (χ0n) is 17.0. The average Bonchev–Trinajstić information content (AvgIpc) is 2.71. The first-order valence-electron chi connectivity index (χ1n) is 9.45. The summed E-state index contributed by atoms with van der Waals surface area (Å²) in [5, 5.41) is 2.79. The highest BCUT2D eigenvalue weighted by Crippen LogP contribution is 2.27. The van der Waals surface area contributed by atoms with Crippen molar-refractivity contribution >= 4 is 56.7 Å². The van der Waals surface area contributed by atoms with Crippen molar-refractivity contribution < 1.29 is 19.1 Å². The van der Waals surface area contributed by atoms with Crippen molar-refractivity contribution in [1.82, 2.24) is 16.2 Å². The van der Waals surface area contributed by atoms with Crippen LogP contribution >= 0.6 is 39.7 Å². The molecule has 2 rings (SSSR count). The lowest BCUT2D eigenvalue weighted by Crippen LogP contribution is -2.49. The maximum absolute atomic E-state index is 12.4. The lowest BCUT2D eigenvalue weighted by molar-refractivity contribution is -0.123. The number of nitrogens with one attached hydrogen (secondary N) is 3. The van der Waals surface area contributed by atoms with Crippen molar-refractivity contribution in [1.29, 1.82) is 0 Å². The lowest BCUT2D eigenvalue weighted by atomic mass is 10.1. The molecule has 0 saturated carbocycles. The molecule has 0 aliphatic rings. The van der Waals surface area contributed by atoms with E-state index in [0.29, 0.717) is 34.6 Å². The fourth-order valence-corrected chi connectivity index (χ4v) is 3.12. The van der Waals surface area contributed by atoms with Crippen LogP contribution in [0, 0.1) is 5.92 Å². The van der Waals surface area contributed by atoms with Gasteiger partial charge in [0.2, 0.25) is 0 Å². The van der Waals surface area contributed by atoms with Crippen molar-refractivity contribution in [2.45, 2.75) is 20.3 Å². The second-order valence-electron chi connectivity index (χ2n) is 6.88. The third-order valence-corrected chi connectivity index (χ3v) is 4.85. The highest BCUT2D eigenvalue weighted by Gasteiger charge is 2.11. The van der Waals surface area contributed by atoms with Gasteiger partial charge >= 0.3 is 0 Å². The Morgan fingerprint density at radius 2 is 1.90 bits per heavy atom. The number of hydrazine groups is 1. The number of rotatable bonds is 8. The summed E-state index contributed by atoms with van der Waals surface area (Å²) < 4.78 is 11.8. The van der Waals surface area contributed by atoms with Crippen LogP contribution in [-0.4, -0.2) is 30.1 Å². The van der Waals surface area contributed by atoms with Crippen LogP contribution in [0.2, 0.25) is 5.02 Å². The molecule has 0 unspecified atom stereocenters. The molecule has 0 aliphatic carbocycles. The second-order valence-corrected chi connectivity index (χ2v) is 8.61. The Bertz CT molecular complexity index is 943. The maximum atomic E-state index is 12.4. The van der Waals surface area contributed by atoms with Crippen molar-refractivity contribution in [3.8, 4) is 11.5 Å². The van der Waals surface area contributed by atoms with Gasteiger partial charge in [0.05, 0.1) is 11.6 Å². The molecule has 3 N–H and O–H groups in total. The zero-order valence-corrected chi connectivity index (χ0v) is 20.2. The molecule has 0 aromatic heterocycles. The Morgan fingerprint density at radius 3 is 2.61 bits per heavy atom. The highest BCUT2D eigenvalue weighted by atomic mass is 79.9. The van der Waals surface area contributed by atoms with E-state index in [1.165, 1.54) is 0 Å². The van der Waals surface area contributed by atoms with Crippen LogP contribution in [0.5, 0.6) is 11.5 Å². The fourth-order valence-electron chi connectivity index (χ4n) is 2.24. The summed E-state index contributed by atoms with van der Waals surface area (Å²) in [6.45, 7) is 4.51. The Balaban J connectivity index is 1.76. The number of halogens is 2.